The van der Waals surface area contributed by atoms with Crippen molar-refractivity contribution in [3.8, 4) is 11.3 Å². The van der Waals surface area contributed by atoms with Crippen molar-refractivity contribution in [1.82, 2.24) is 9.97 Å². The van der Waals surface area contributed by atoms with Gasteiger partial charge in [0.2, 0.25) is 5.95 Å². The minimum Gasteiger partial charge on any atom is -0.351 e. The van der Waals surface area contributed by atoms with E-state index >= 15 is 0 Å². The predicted molar refractivity (Wildman–Crippen MR) is 115 cm³/mol. The summed E-state index contributed by atoms with van der Waals surface area (Å²) in [6, 6.07) is 16.3. The van der Waals surface area contributed by atoms with Crippen LogP contribution < -0.4 is 10.6 Å². The number of halogens is 1. The van der Waals surface area contributed by atoms with Gasteiger partial charge in [0, 0.05) is 28.8 Å². The van der Waals surface area contributed by atoms with Gasteiger partial charge in [-0.3, -0.25) is 10.1 Å². The van der Waals surface area contributed by atoms with Gasteiger partial charge in [0.1, 0.15) is 11.5 Å². The molecule has 0 spiro atoms. The van der Waals surface area contributed by atoms with Crippen LogP contribution in [0.2, 0.25) is 5.02 Å². The fraction of sp³-hybridized carbons (Fsp3) is 0.238. The molecule has 0 atom stereocenters. The maximum absolute atomic E-state index is 11.4. The van der Waals surface area contributed by atoms with Gasteiger partial charge in [-0.15, -0.1) is 0 Å². The number of nitrogens with zero attached hydrogens (tertiary/aromatic N) is 3. The van der Waals surface area contributed by atoms with Crippen molar-refractivity contribution >= 4 is 34.7 Å². The molecule has 0 saturated heterocycles. The number of nitrogens with one attached hydrogen (secondary N) is 2. The molecule has 1 aromatic heterocycles. The number of hydrogen-bond acceptors (Lipinski definition) is 6. The highest BCUT2D eigenvalue weighted by atomic mass is 35.5. The summed E-state index contributed by atoms with van der Waals surface area (Å²) in [4.78, 5) is 20.1. The molecule has 1 heterocycles. The predicted octanol–water partition coefficient (Wildman–Crippen LogP) is 5.80. The maximum atomic E-state index is 11.4. The Bertz CT molecular complexity index is 1020. The molecule has 1 aliphatic rings. The number of rotatable bonds is 6. The average molecular weight is 410 g/mol. The van der Waals surface area contributed by atoms with E-state index in [4.69, 9.17) is 11.6 Å². The first kappa shape index (κ1) is 19.1. The highest BCUT2D eigenvalue weighted by Crippen LogP contribution is 2.32. The van der Waals surface area contributed by atoms with Crippen molar-refractivity contribution in [3.05, 3.63) is 69.7 Å². The molecule has 0 aliphatic heterocycles. The molecule has 1 fully saturated rings. The first-order valence-electron chi connectivity index (χ1n) is 9.50. The number of nitro benzene ring substituents is 1. The second-order valence-corrected chi connectivity index (χ2v) is 7.43. The van der Waals surface area contributed by atoms with Crippen molar-refractivity contribution in [2.45, 2.75) is 31.7 Å². The van der Waals surface area contributed by atoms with Crippen molar-refractivity contribution in [2.75, 3.05) is 10.6 Å². The zero-order valence-corrected chi connectivity index (χ0v) is 16.4. The first-order chi connectivity index (χ1) is 14.1. The molecule has 0 amide bonds. The van der Waals surface area contributed by atoms with Crippen molar-refractivity contribution < 1.29 is 4.92 Å². The van der Waals surface area contributed by atoms with Crippen molar-refractivity contribution in [2.24, 2.45) is 0 Å². The Morgan fingerprint density at radius 2 is 1.79 bits per heavy atom. The Balaban J connectivity index is 1.72. The van der Waals surface area contributed by atoms with E-state index in [0.717, 1.165) is 24.1 Å². The Morgan fingerprint density at radius 3 is 2.52 bits per heavy atom. The maximum Gasteiger partial charge on any atom is 0.292 e. The quantitative estimate of drug-likeness (QED) is 0.394. The SMILES string of the molecule is O=[N+]([O-])c1ccc(Cl)cc1Nc1cc(-c2ccccc2)nc(NC2CCCC2)n1. The Labute approximate surface area is 173 Å². The highest BCUT2D eigenvalue weighted by Gasteiger charge is 2.18. The number of aromatic nitrogens is 2. The number of nitro groups is 1. The molecular weight excluding hydrogens is 390 g/mol. The largest absolute Gasteiger partial charge is 0.351 e. The van der Waals surface area contributed by atoms with E-state index < -0.39 is 4.92 Å². The van der Waals surface area contributed by atoms with Crippen LogP contribution in [0.4, 0.5) is 23.1 Å². The van der Waals surface area contributed by atoms with Crippen LogP contribution in [0.5, 0.6) is 0 Å². The molecule has 29 heavy (non-hydrogen) atoms. The van der Waals surface area contributed by atoms with E-state index in [1.54, 1.807) is 6.07 Å². The number of anilines is 3. The lowest BCUT2D eigenvalue weighted by atomic mass is 10.1. The van der Waals surface area contributed by atoms with Crippen molar-refractivity contribution in [3.63, 3.8) is 0 Å². The molecule has 1 aliphatic carbocycles. The van der Waals surface area contributed by atoms with E-state index in [9.17, 15) is 10.1 Å². The number of benzene rings is 2. The molecule has 1 saturated carbocycles. The lowest BCUT2D eigenvalue weighted by Gasteiger charge is -2.15. The summed E-state index contributed by atoms with van der Waals surface area (Å²) < 4.78 is 0. The molecule has 4 rings (SSSR count). The van der Waals surface area contributed by atoms with E-state index in [-0.39, 0.29) is 11.4 Å². The molecule has 148 valence electrons. The summed E-state index contributed by atoms with van der Waals surface area (Å²) in [7, 11) is 0. The smallest absolute Gasteiger partial charge is 0.292 e. The topological polar surface area (TPSA) is 93.0 Å². The van der Waals surface area contributed by atoms with Crippen LogP contribution in [0.3, 0.4) is 0 Å². The second kappa shape index (κ2) is 8.45. The molecule has 0 bridgehead atoms. The molecule has 7 nitrogen and oxygen atoms in total. The van der Waals surface area contributed by atoms with Gasteiger partial charge < -0.3 is 10.6 Å². The van der Waals surface area contributed by atoms with Crippen LogP contribution in [0.25, 0.3) is 11.3 Å². The lowest BCUT2D eigenvalue weighted by Crippen LogP contribution is -2.17. The minimum absolute atomic E-state index is 0.0698. The summed E-state index contributed by atoms with van der Waals surface area (Å²) in [5.74, 6) is 0.968. The second-order valence-electron chi connectivity index (χ2n) is 7.00. The van der Waals surface area contributed by atoms with Gasteiger partial charge in [-0.1, -0.05) is 54.8 Å². The summed E-state index contributed by atoms with van der Waals surface area (Å²) in [5.41, 5.74) is 1.88. The Kier molecular flexibility index (Phi) is 5.57. The normalized spacial score (nSPS) is 14.0. The molecule has 2 aromatic carbocycles. The molecule has 8 heteroatoms. The third kappa shape index (κ3) is 4.63. The van der Waals surface area contributed by atoms with Gasteiger partial charge in [-0.25, -0.2) is 4.98 Å². The van der Waals surface area contributed by atoms with Crippen LogP contribution in [0.15, 0.2) is 54.6 Å². The third-order valence-corrected chi connectivity index (χ3v) is 5.14. The van der Waals surface area contributed by atoms with Gasteiger partial charge in [0.15, 0.2) is 0 Å². The molecule has 0 radical (unpaired) electrons. The average Bonchev–Trinajstić information content (AvgIpc) is 3.21. The minimum atomic E-state index is -0.449. The summed E-state index contributed by atoms with van der Waals surface area (Å²) in [6.07, 6.45) is 4.55. The van der Waals surface area contributed by atoms with Crippen LogP contribution in [-0.2, 0) is 0 Å². The monoisotopic (exact) mass is 409 g/mol. The number of hydrogen-bond donors (Lipinski definition) is 2. The highest BCUT2D eigenvalue weighted by molar-refractivity contribution is 6.31. The third-order valence-electron chi connectivity index (χ3n) is 4.90. The molecule has 2 N–H and O–H groups in total. The first-order valence-corrected chi connectivity index (χ1v) is 9.88. The van der Waals surface area contributed by atoms with Gasteiger partial charge in [-0.05, 0) is 25.0 Å². The summed E-state index contributed by atoms with van der Waals surface area (Å²) in [6.45, 7) is 0. The zero-order valence-electron chi connectivity index (χ0n) is 15.6. The standard InChI is InChI=1S/C21H20ClN5O2/c22-15-10-11-19(27(28)29)18(12-15)24-20-13-17(14-6-2-1-3-7-14)25-21(26-20)23-16-8-4-5-9-16/h1-3,6-7,10-13,16H,4-5,8-9H2,(H2,23,24,25,26). The molecule has 0 unspecified atom stereocenters. The zero-order chi connectivity index (χ0) is 20.2. The Morgan fingerprint density at radius 1 is 1.03 bits per heavy atom. The molecular formula is C21H20ClN5O2. The Hall–Kier alpha value is -3.19. The van der Waals surface area contributed by atoms with Gasteiger partial charge >= 0.3 is 0 Å². The van der Waals surface area contributed by atoms with E-state index in [0.29, 0.717) is 22.8 Å². The van der Waals surface area contributed by atoms with Crippen LogP contribution in [0.1, 0.15) is 25.7 Å². The summed E-state index contributed by atoms with van der Waals surface area (Å²) >= 11 is 6.05. The molecule has 3 aromatic rings. The van der Waals surface area contributed by atoms with Crippen molar-refractivity contribution in [1.29, 1.82) is 0 Å². The fourth-order valence-electron chi connectivity index (χ4n) is 3.49. The van der Waals surface area contributed by atoms with Gasteiger partial charge in [0.25, 0.3) is 5.69 Å². The van der Waals surface area contributed by atoms with E-state index in [1.165, 1.54) is 31.0 Å². The van der Waals surface area contributed by atoms with Gasteiger partial charge in [-0.2, -0.15) is 4.98 Å². The lowest BCUT2D eigenvalue weighted by molar-refractivity contribution is -0.383. The van der Waals surface area contributed by atoms with Crippen LogP contribution >= 0.6 is 11.6 Å². The van der Waals surface area contributed by atoms with Gasteiger partial charge in [0.05, 0.1) is 10.6 Å². The fourth-order valence-corrected chi connectivity index (χ4v) is 3.66. The van der Waals surface area contributed by atoms with E-state index in [1.807, 2.05) is 30.3 Å². The van der Waals surface area contributed by atoms with Crippen LogP contribution in [-0.4, -0.2) is 20.9 Å². The summed E-state index contributed by atoms with van der Waals surface area (Å²) in [5, 5.41) is 18.2. The van der Waals surface area contributed by atoms with E-state index in [2.05, 4.69) is 20.6 Å². The van der Waals surface area contributed by atoms with Crippen LogP contribution in [0, 0.1) is 10.1 Å².